The first-order chi connectivity index (χ1) is 5.75. The molecule has 1 saturated heterocycles. The van der Waals surface area contributed by atoms with Crippen LogP contribution in [0.15, 0.2) is 0 Å². The van der Waals surface area contributed by atoms with E-state index in [1.165, 1.54) is 6.42 Å². The molecule has 0 unspecified atom stereocenters. The quantitative estimate of drug-likeness (QED) is 0.628. The third-order valence-corrected chi connectivity index (χ3v) is 2.28. The summed E-state index contributed by atoms with van der Waals surface area (Å²) in [5.74, 6) is 0.168. The number of hydrogen-bond acceptors (Lipinski definition) is 2. The van der Waals surface area contributed by atoms with Crippen molar-refractivity contribution in [3.63, 3.8) is 0 Å². The van der Waals surface area contributed by atoms with Crippen LogP contribution in [0.1, 0.15) is 32.6 Å². The Morgan fingerprint density at radius 3 is 2.83 bits per heavy atom. The van der Waals surface area contributed by atoms with Crippen LogP contribution in [0, 0.1) is 0 Å². The van der Waals surface area contributed by atoms with E-state index >= 15 is 0 Å². The summed E-state index contributed by atoms with van der Waals surface area (Å²) in [5.41, 5.74) is 0. The zero-order chi connectivity index (χ0) is 8.97. The van der Waals surface area contributed by atoms with Gasteiger partial charge in [-0.3, -0.25) is 4.79 Å². The topological polar surface area (TPSA) is 29.5 Å². The minimum atomic E-state index is 0.0335. The highest BCUT2D eigenvalue weighted by atomic mass is 16.5. The van der Waals surface area contributed by atoms with Gasteiger partial charge in [-0.25, -0.2) is 0 Å². The minimum Gasteiger partial charge on any atom is -0.358 e. The van der Waals surface area contributed by atoms with Gasteiger partial charge < -0.3 is 9.64 Å². The van der Waals surface area contributed by atoms with Crippen LogP contribution in [0.3, 0.4) is 0 Å². The van der Waals surface area contributed by atoms with Crippen LogP contribution in [0.2, 0.25) is 0 Å². The molecule has 1 rings (SSSR count). The molecule has 0 aliphatic carbocycles. The van der Waals surface area contributed by atoms with Gasteiger partial charge in [0.05, 0.1) is 0 Å². The predicted molar refractivity (Wildman–Crippen MR) is 46.7 cm³/mol. The standard InChI is InChI=1S/C9H17NO2/c1-3-8(11)10(2)9-6-4-5-7-12-9/h9H,3-7H2,1-2H3/t9-/m0/s1. The highest BCUT2D eigenvalue weighted by Crippen LogP contribution is 2.15. The molecule has 1 amide bonds. The highest BCUT2D eigenvalue weighted by Gasteiger charge is 2.21. The maximum absolute atomic E-state index is 11.3. The molecule has 0 bridgehead atoms. The molecule has 0 N–H and O–H groups in total. The van der Waals surface area contributed by atoms with Gasteiger partial charge in [0.25, 0.3) is 0 Å². The summed E-state index contributed by atoms with van der Waals surface area (Å²) in [6.45, 7) is 2.67. The zero-order valence-corrected chi connectivity index (χ0v) is 7.88. The Morgan fingerprint density at radius 1 is 1.58 bits per heavy atom. The predicted octanol–water partition coefficient (Wildman–Crippen LogP) is 1.38. The zero-order valence-electron chi connectivity index (χ0n) is 7.88. The molecule has 1 heterocycles. The summed E-state index contributed by atoms with van der Waals surface area (Å²) >= 11 is 0. The number of amides is 1. The molecular weight excluding hydrogens is 154 g/mol. The molecule has 1 aliphatic rings. The summed E-state index contributed by atoms with van der Waals surface area (Å²) in [4.78, 5) is 13.0. The smallest absolute Gasteiger partial charge is 0.224 e. The van der Waals surface area contributed by atoms with E-state index in [4.69, 9.17) is 4.74 Å². The Kier molecular flexibility index (Phi) is 3.53. The summed E-state index contributed by atoms with van der Waals surface area (Å²) in [5, 5.41) is 0. The molecule has 0 saturated carbocycles. The van der Waals surface area contributed by atoms with Crippen LogP contribution in [0.5, 0.6) is 0 Å². The lowest BCUT2D eigenvalue weighted by Gasteiger charge is -2.30. The minimum absolute atomic E-state index is 0.0335. The Morgan fingerprint density at radius 2 is 2.33 bits per heavy atom. The largest absolute Gasteiger partial charge is 0.358 e. The fourth-order valence-corrected chi connectivity index (χ4v) is 1.44. The van der Waals surface area contributed by atoms with Crippen LogP contribution in [-0.2, 0) is 9.53 Å². The molecule has 3 heteroatoms. The molecule has 1 fully saturated rings. The van der Waals surface area contributed by atoms with Crippen molar-refractivity contribution in [3.8, 4) is 0 Å². The second-order valence-corrected chi connectivity index (χ2v) is 3.18. The third-order valence-electron chi connectivity index (χ3n) is 2.28. The van der Waals surface area contributed by atoms with Crippen molar-refractivity contribution in [1.29, 1.82) is 0 Å². The van der Waals surface area contributed by atoms with Gasteiger partial charge in [-0.2, -0.15) is 0 Å². The molecule has 1 atom stereocenters. The lowest BCUT2D eigenvalue weighted by atomic mass is 10.1. The fourth-order valence-electron chi connectivity index (χ4n) is 1.44. The van der Waals surface area contributed by atoms with Crippen molar-refractivity contribution < 1.29 is 9.53 Å². The van der Waals surface area contributed by atoms with E-state index in [1.807, 2.05) is 14.0 Å². The van der Waals surface area contributed by atoms with Crippen molar-refractivity contribution in [2.24, 2.45) is 0 Å². The SMILES string of the molecule is CCC(=O)N(C)[C@@H]1CCCCO1. The van der Waals surface area contributed by atoms with Crippen molar-refractivity contribution >= 4 is 5.91 Å². The molecule has 0 aromatic carbocycles. The van der Waals surface area contributed by atoms with Gasteiger partial charge in [0, 0.05) is 20.1 Å². The number of rotatable bonds is 2. The summed E-state index contributed by atoms with van der Waals surface area (Å²) in [6.07, 6.45) is 3.89. The van der Waals surface area contributed by atoms with Crippen LogP contribution in [-0.4, -0.2) is 30.7 Å². The molecule has 12 heavy (non-hydrogen) atoms. The lowest BCUT2D eigenvalue weighted by molar-refractivity contribution is -0.146. The van der Waals surface area contributed by atoms with Gasteiger partial charge in [-0.15, -0.1) is 0 Å². The third kappa shape index (κ3) is 2.21. The van der Waals surface area contributed by atoms with Gasteiger partial charge >= 0.3 is 0 Å². The first-order valence-electron chi connectivity index (χ1n) is 4.63. The number of hydrogen-bond donors (Lipinski definition) is 0. The number of carbonyl (C=O) groups is 1. The fraction of sp³-hybridized carbons (Fsp3) is 0.889. The molecule has 70 valence electrons. The summed E-state index contributed by atoms with van der Waals surface area (Å²) < 4.78 is 5.47. The Balaban J connectivity index is 2.39. The molecular formula is C9H17NO2. The first kappa shape index (κ1) is 9.52. The van der Waals surface area contributed by atoms with Gasteiger partial charge in [0.15, 0.2) is 0 Å². The average molecular weight is 171 g/mol. The van der Waals surface area contributed by atoms with Gasteiger partial charge in [0.1, 0.15) is 6.23 Å². The van der Waals surface area contributed by atoms with Gasteiger partial charge in [0.2, 0.25) is 5.91 Å². The molecule has 0 aromatic rings. The van der Waals surface area contributed by atoms with Crippen molar-refractivity contribution in [2.75, 3.05) is 13.7 Å². The maximum Gasteiger partial charge on any atom is 0.224 e. The van der Waals surface area contributed by atoms with Crippen molar-refractivity contribution in [3.05, 3.63) is 0 Å². The first-order valence-corrected chi connectivity index (χ1v) is 4.63. The Bertz CT molecular complexity index is 153. The lowest BCUT2D eigenvalue weighted by Crippen LogP contribution is -2.40. The Labute approximate surface area is 73.7 Å². The van der Waals surface area contributed by atoms with Crippen LogP contribution in [0.25, 0.3) is 0 Å². The van der Waals surface area contributed by atoms with E-state index in [-0.39, 0.29) is 12.1 Å². The average Bonchev–Trinajstić information content (AvgIpc) is 2.17. The van der Waals surface area contributed by atoms with Crippen LogP contribution < -0.4 is 0 Å². The van der Waals surface area contributed by atoms with E-state index in [1.54, 1.807) is 4.90 Å². The van der Waals surface area contributed by atoms with Gasteiger partial charge in [-0.1, -0.05) is 6.92 Å². The maximum atomic E-state index is 11.3. The molecule has 3 nitrogen and oxygen atoms in total. The molecule has 0 spiro atoms. The van der Waals surface area contributed by atoms with E-state index < -0.39 is 0 Å². The summed E-state index contributed by atoms with van der Waals surface area (Å²) in [6, 6.07) is 0. The van der Waals surface area contributed by atoms with Gasteiger partial charge in [-0.05, 0) is 19.3 Å². The summed E-state index contributed by atoms with van der Waals surface area (Å²) in [7, 11) is 1.82. The van der Waals surface area contributed by atoms with E-state index in [0.29, 0.717) is 6.42 Å². The number of carbonyl (C=O) groups excluding carboxylic acids is 1. The van der Waals surface area contributed by atoms with E-state index in [2.05, 4.69) is 0 Å². The number of nitrogens with zero attached hydrogens (tertiary/aromatic N) is 1. The monoisotopic (exact) mass is 171 g/mol. The van der Waals surface area contributed by atoms with Crippen LogP contribution >= 0.6 is 0 Å². The Hall–Kier alpha value is -0.570. The van der Waals surface area contributed by atoms with E-state index in [9.17, 15) is 4.79 Å². The van der Waals surface area contributed by atoms with E-state index in [0.717, 1.165) is 19.4 Å². The van der Waals surface area contributed by atoms with Crippen molar-refractivity contribution in [1.82, 2.24) is 4.90 Å². The van der Waals surface area contributed by atoms with Crippen molar-refractivity contribution in [2.45, 2.75) is 38.8 Å². The molecule has 0 aromatic heterocycles. The second-order valence-electron chi connectivity index (χ2n) is 3.18. The molecule has 1 aliphatic heterocycles. The number of ether oxygens (including phenoxy) is 1. The molecule has 0 radical (unpaired) electrons. The highest BCUT2D eigenvalue weighted by molar-refractivity contribution is 5.75. The second kappa shape index (κ2) is 4.45. The van der Waals surface area contributed by atoms with Crippen LogP contribution in [0.4, 0.5) is 0 Å². The normalized spacial score (nSPS) is 23.7.